The summed E-state index contributed by atoms with van der Waals surface area (Å²) in [6.07, 6.45) is 6.59. The lowest BCUT2D eigenvalue weighted by Gasteiger charge is -2.15. The van der Waals surface area contributed by atoms with Gasteiger partial charge in [-0.25, -0.2) is 19.4 Å². The first-order valence-corrected chi connectivity index (χ1v) is 15.6. The Morgan fingerprint density at radius 3 is 2.43 bits per heavy atom. The maximum absolute atomic E-state index is 13.5. The van der Waals surface area contributed by atoms with E-state index < -0.39 is 0 Å². The van der Waals surface area contributed by atoms with Crippen LogP contribution in [-0.2, 0) is 12.0 Å². The van der Waals surface area contributed by atoms with E-state index in [1.54, 1.807) is 29.5 Å². The monoisotopic (exact) mass is 626 g/mol. The third-order valence-corrected chi connectivity index (χ3v) is 7.67. The maximum Gasteiger partial charge on any atom is 0.324 e. The topological polar surface area (TPSA) is 119 Å². The van der Waals surface area contributed by atoms with Gasteiger partial charge in [0.1, 0.15) is 29.8 Å². The number of urea groups is 1. The van der Waals surface area contributed by atoms with E-state index in [0.29, 0.717) is 41.4 Å². The van der Waals surface area contributed by atoms with Crippen molar-refractivity contribution in [3.63, 3.8) is 0 Å². The summed E-state index contributed by atoms with van der Waals surface area (Å²) in [5.74, 6) is 2.90. The van der Waals surface area contributed by atoms with Crippen molar-refractivity contribution in [1.82, 2.24) is 24.7 Å². The van der Waals surface area contributed by atoms with Gasteiger partial charge >= 0.3 is 6.03 Å². The van der Waals surface area contributed by atoms with Crippen LogP contribution in [0, 0.1) is 0 Å². The summed E-state index contributed by atoms with van der Waals surface area (Å²) < 4.78 is 8.07. The van der Waals surface area contributed by atoms with E-state index in [1.165, 1.54) is 5.56 Å². The quantitative estimate of drug-likeness (QED) is 0.147. The van der Waals surface area contributed by atoms with Crippen molar-refractivity contribution in [2.75, 3.05) is 16.0 Å². The van der Waals surface area contributed by atoms with Crippen molar-refractivity contribution < 1.29 is 9.53 Å². The second kappa shape index (κ2) is 13.3. The van der Waals surface area contributed by atoms with Gasteiger partial charge in [0.15, 0.2) is 0 Å². The largest absolute Gasteiger partial charge is 0.488 e. The maximum atomic E-state index is 13.5. The third kappa shape index (κ3) is 7.38. The van der Waals surface area contributed by atoms with Crippen LogP contribution >= 0.6 is 0 Å². The number of nitrogens with zero attached hydrogens (tertiary/aromatic N) is 5. The molecule has 3 aromatic heterocycles. The summed E-state index contributed by atoms with van der Waals surface area (Å²) in [4.78, 5) is 26.2. The van der Waals surface area contributed by atoms with Crippen molar-refractivity contribution in [2.24, 2.45) is 0 Å². The minimum absolute atomic E-state index is 0.204. The molecule has 3 N–H and O–H groups in total. The number of fused-ring (bicyclic) bond motifs is 1. The average Bonchev–Trinajstić information content (AvgIpc) is 3.49. The lowest BCUT2D eigenvalue weighted by molar-refractivity contribution is 0.262. The van der Waals surface area contributed by atoms with Crippen LogP contribution in [0.5, 0.6) is 5.75 Å². The Morgan fingerprint density at radius 1 is 0.851 bits per heavy atom. The zero-order chi connectivity index (χ0) is 33.0. The second-order valence-electron chi connectivity index (χ2n) is 12.6. The molecule has 3 heterocycles. The number of benzene rings is 3. The van der Waals surface area contributed by atoms with Gasteiger partial charge in [0.2, 0.25) is 0 Å². The molecule has 3 aromatic carbocycles. The lowest BCUT2D eigenvalue weighted by Crippen LogP contribution is -2.21. The molecule has 6 rings (SSSR count). The van der Waals surface area contributed by atoms with Crippen molar-refractivity contribution in [2.45, 2.75) is 52.6 Å². The Hall–Kier alpha value is -5.77. The normalized spacial score (nSPS) is 11.4. The van der Waals surface area contributed by atoms with Gasteiger partial charge in [-0.1, -0.05) is 71.0 Å². The number of rotatable bonds is 9. The minimum atomic E-state index is -0.370. The number of hydrogen-bond acceptors (Lipinski definition) is 7. The molecule has 0 saturated heterocycles. The van der Waals surface area contributed by atoms with Crippen LogP contribution in [0.15, 0.2) is 104 Å². The molecule has 0 aliphatic carbocycles. The highest BCUT2D eigenvalue weighted by Gasteiger charge is 2.22. The molecule has 0 fully saturated rings. The molecule has 0 aliphatic heterocycles. The molecule has 10 heteroatoms. The number of pyridine rings is 1. The van der Waals surface area contributed by atoms with Crippen molar-refractivity contribution in [3.8, 4) is 11.4 Å². The van der Waals surface area contributed by atoms with Crippen LogP contribution in [0.1, 0.15) is 57.4 Å². The molecular formula is C37H38N8O2. The van der Waals surface area contributed by atoms with E-state index in [1.807, 2.05) is 66.7 Å². The molecule has 238 valence electrons. The van der Waals surface area contributed by atoms with Crippen LogP contribution in [-0.4, -0.2) is 30.8 Å². The van der Waals surface area contributed by atoms with Crippen LogP contribution in [0.4, 0.5) is 27.9 Å². The Bertz CT molecular complexity index is 2020. The fourth-order valence-electron chi connectivity index (χ4n) is 5.11. The lowest BCUT2D eigenvalue weighted by atomic mass is 9.92. The standard InChI is InChI=1S/C37H38N8O2/c1-24(2)26-9-8-10-27(20-26)45-35(21-32(44-45)37(3,4)5)43-36(46)41-30-13-14-31(29-12-7-6-11-28(29)30)47-23-25-15-16-39-33(19-25)42-34-22-38-17-18-40-34/h6-22,24H,23H2,1-5H3,(H,39,40,42)(H2,41,43,46). The smallest absolute Gasteiger partial charge is 0.324 e. The minimum Gasteiger partial charge on any atom is -0.488 e. The Balaban J connectivity index is 1.20. The van der Waals surface area contributed by atoms with Crippen LogP contribution in [0.2, 0.25) is 0 Å². The molecule has 10 nitrogen and oxygen atoms in total. The fourth-order valence-corrected chi connectivity index (χ4v) is 5.11. The molecule has 6 aromatic rings. The molecule has 47 heavy (non-hydrogen) atoms. The van der Waals surface area contributed by atoms with Crippen LogP contribution in [0.3, 0.4) is 0 Å². The van der Waals surface area contributed by atoms with Crippen molar-refractivity contribution >= 4 is 39.9 Å². The number of carbonyl (C=O) groups excluding carboxylic acids is 1. The number of anilines is 4. The predicted molar refractivity (Wildman–Crippen MR) is 187 cm³/mol. The first-order chi connectivity index (χ1) is 22.6. The van der Waals surface area contributed by atoms with E-state index in [-0.39, 0.29) is 11.4 Å². The van der Waals surface area contributed by atoms with E-state index in [9.17, 15) is 4.79 Å². The van der Waals surface area contributed by atoms with Gasteiger partial charge in [-0.15, -0.1) is 0 Å². The van der Waals surface area contributed by atoms with E-state index in [2.05, 4.69) is 77.7 Å². The third-order valence-electron chi connectivity index (χ3n) is 7.67. The highest BCUT2D eigenvalue weighted by Crippen LogP contribution is 2.33. The van der Waals surface area contributed by atoms with Gasteiger partial charge in [0.05, 0.1) is 23.3 Å². The Kier molecular flexibility index (Phi) is 8.83. The van der Waals surface area contributed by atoms with E-state index >= 15 is 0 Å². The number of nitrogens with one attached hydrogen (secondary N) is 3. The number of hydrogen-bond donors (Lipinski definition) is 3. The van der Waals surface area contributed by atoms with Crippen LogP contribution in [0.25, 0.3) is 16.5 Å². The average molecular weight is 627 g/mol. The predicted octanol–water partition coefficient (Wildman–Crippen LogP) is 8.60. The molecule has 0 radical (unpaired) electrons. The molecule has 0 bridgehead atoms. The molecule has 0 spiro atoms. The summed E-state index contributed by atoms with van der Waals surface area (Å²) in [5, 5.41) is 15.9. The fraction of sp³-hybridized carbons (Fsp3) is 0.216. The molecule has 0 saturated carbocycles. The highest BCUT2D eigenvalue weighted by atomic mass is 16.5. The van der Waals surface area contributed by atoms with E-state index in [0.717, 1.165) is 27.7 Å². The summed E-state index contributed by atoms with van der Waals surface area (Å²) in [7, 11) is 0. The van der Waals surface area contributed by atoms with Gasteiger partial charge < -0.3 is 15.4 Å². The Morgan fingerprint density at radius 2 is 1.66 bits per heavy atom. The molecule has 0 atom stereocenters. The van der Waals surface area contributed by atoms with E-state index in [4.69, 9.17) is 9.84 Å². The van der Waals surface area contributed by atoms with Crippen molar-refractivity contribution in [1.29, 1.82) is 0 Å². The molecule has 0 unspecified atom stereocenters. The zero-order valence-corrected chi connectivity index (χ0v) is 27.2. The number of amides is 2. The van der Waals surface area contributed by atoms with Crippen LogP contribution < -0.4 is 20.7 Å². The second-order valence-corrected chi connectivity index (χ2v) is 12.6. The zero-order valence-electron chi connectivity index (χ0n) is 27.2. The van der Waals surface area contributed by atoms with Crippen molar-refractivity contribution in [3.05, 3.63) is 120 Å². The molecule has 0 aliphatic rings. The summed E-state index contributed by atoms with van der Waals surface area (Å²) in [6.45, 7) is 11.0. The molecular weight excluding hydrogens is 588 g/mol. The Labute approximate surface area is 274 Å². The highest BCUT2D eigenvalue weighted by molar-refractivity contribution is 6.07. The van der Waals surface area contributed by atoms with Gasteiger partial charge in [-0.05, 0) is 53.4 Å². The van der Waals surface area contributed by atoms with Gasteiger partial charge in [0.25, 0.3) is 0 Å². The molecule has 2 amide bonds. The number of carbonyl (C=O) groups is 1. The number of aromatic nitrogens is 5. The summed E-state index contributed by atoms with van der Waals surface area (Å²) >= 11 is 0. The van der Waals surface area contributed by atoms with Gasteiger partial charge in [-0.2, -0.15) is 5.10 Å². The SMILES string of the molecule is CC(C)c1cccc(-n2nc(C(C)(C)C)cc2NC(=O)Nc2ccc(OCc3ccnc(Nc4cnccn4)c3)c3ccccc23)c1. The van der Waals surface area contributed by atoms with Gasteiger partial charge in [0, 0.05) is 40.8 Å². The first kappa shape index (κ1) is 31.2. The number of ether oxygens (including phenoxy) is 1. The van der Waals surface area contributed by atoms with Gasteiger partial charge in [-0.3, -0.25) is 10.3 Å². The summed E-state index contributed by atoms with van der Waals surface area (Å²) in [6, 6.07) is 25.2. The summed E-state index contributed by atoms with van der Waals surface area (Å²) in [5.41, 5.74) is 4.35. The first-order valence-electron chi connectivity index (χ1n) is 15.6.